The summed E-state index contributed by atoms with van der Waals surface area (Å²) in [5.74, 6) is 0.553. The van der Waals surface area contributed by atoms with Gasteiger partial charge in [-0.3, -0.25) is 0 Å². The molecule has 0 aromatic carbocycles. The van der Waals surface area contributed by atoms with Gasteiger partial charge >= 0.3 is 0 Å². The van der Waals surface area contributed by atoms with E-state index in [1.165, 1.54) is 24.0 Å². The molecule has 0 N–H and O–H groups in total. The van der Waals surface area contributed by atoms with E-state index in [0.717, 1.165) is 6.42 Å². The summed E-state index contributed by atoms with van der Waals surface area (Å²) < 4.78 is 1.63. The Morgan fingerprint density at radius 1 is 1.50 bits per heavy atom. The highest BCUT2D eigenvalue weighted by Gasteiger charge is 2.28. The molecule has 0 amide bonds. The van der Waals surface area contributed by atoms with Crippen LogP contribution in [0.1, 0.15) is 47.0 Å². The summed E-state index contributed by atoms with van der Waals surface area (Å²) >= 11 is 0. The molecule has 0 spiro atoms. The van der Waals surface area contributed by atoms with Gasteiger partial charge in [0.15, 0.2) is 0 Å². The average molecular weight is 272 g/mol. The lowest BCUT2D eigenvalue weighted by molar-refractivity contribution is 0.498. The zero-order valence-corrected chi connectivity index (χ0v) is 12.9. The number of allylic oxidation sites excluding steroid dienone is 3. The second kappa shape index (κ2) is 5.73. The van der Waals surface area contributed by atoms with E-state index in [9.17, 15) is 0 Å². The van der Waals surface area contributed by atoms with E-state index in [2.05, 4.69) is 49.6 Å². The standard InChI is InChI=1S/C16H24N4/c1-12(2)14-7-6-13(3)15(14)8-16(4,5)9-19-20-10-17-18-11-20/h9-11,14H,1,6-8H2,2-5H3/b19-9+/t14-/m1/s1. The largest absolute Gasteiger partial charge is 0.208 e. The van der Waals surface area contributed by atoms with Crippen LogP contribution in [0.4, 0.5) is 0 Å². The number of hydrogen-bond acceptors (Lipinski definition) is 3. The maximum atomic E-state index is 4.40. The van der Waals surface area contributed by atoms with Crippen LogP contribution >= 0.6 is 0 Å². The molecule has 4 heteroatoms. The van der Waals surface area contributed by atoms with Crippen LogP contribution in [0.25, 0.3) is 0 Å². The predicted molar refractivity (Wildman–Crippen MR) is 82.5 cm³/mol. The minimum Gasteiger partial charge on any atom is -0.208 e. The van der Waals surface area contributed by atoms with Crippen LogP contribution in [0.2, 0.25) is 0 Å². The van der Waals surface area contributed by atoms with Crippen LogP contribution < -0.4 is 0 Å². The van der Waals surface area contributed by atoms with E-state index < -0.39 is 0 Å². The molecule has 1 heterocycles. The molecule has 20 heavy (non-hydrogen) atoms. The van der Waals surface area contributed by atoms with E-state index in [-0.39, 0.29) is 5.41 Å². The van der Waals surface area contributed by atoms with Crippen molar-refractivity contribution in [3.63, 3.8) is 0 Å². The van der Waals surface area contributed by atoms with Crippen molar-refractivity contribution in [2.24, 2.45) is 16.4 Å². The fourth-order valence-electron chi connectivity index (χ4n) is 2.83. The molecular formula is C16H24N4. The molecule has 1 atom stereocenters. The van der Waals surface area contributed by atoms with E-state index in [0.29, 0.717) is 5.92 Å². The number of hydrogen-bond donors (Lipinski definition) is 0. The summed E-state index contributed by atoms with van der Waals surface area (Å²) in [5, 5.41) is 11.9. The molecule has 0 radical (unpaired) electrons. The summed E-state index contributed by atoms with van der Waals surface area (Å²) in [4.78, 5) is 0. The van der Waals surface area contributed by atoms with Crippen molar-refractivity contribution in [2.45, 2.75) is 47.0 Å². The monoisotopic (exact) mass is 272 g/mol. The minimum atomic E-state index is 0.0128. The van der Waals surface area contributed by atoms with Crippen molar-refractivity contribution in [3.8, 4) is 0 Å². The van der Waals surface area contributed by atoms with Gasteiger partial charge in [0.2, 0.25) is 0 Å². The van der Waals surface area contributed by atoms with Gasteiger partial charge < -0.3 is 0 Å². The van der Waals surface area contributed by atoms with Gasteiger partial charge in [-0.1, -0.05) is 37.1 Å². The Bertz CT molecular complexity index is 535. The summed E-state index contributed by atoms with van der Waals surface area (Å²) in [6.45, 7) is 13.0. The van der Waals surface area contributed by atoms with Crippen molar-refractivity contribution < 1.29 is 0 Å². The van der Waals surface area contributed by atoms with Gasteiger partial charge in [-0.15, -0.1) is 10.2 Å². The fourth-order valence-corrected chi connectivity index (χ4v) is 2.83. The third-order valence-corrected chi connectivity index (χ3v) is 3.96. The Morgan fingerprint density at radius 2 is 2.15 bits per heavy atom. The van der Waals surface area contributed by atoms with Crippen LogP contribution in [0, 0.1) is 11.3 Å². The van der Waals surface area contributed by atoms with Crippen LogP contribution in [0.5, 0.6) is 0 Å². The molecule has 108 valence electrons. The molecule has 0 aliphatic heterocycles. The maximum Gasteiger partial charge on any atom is 0.141 e. The molecule has 1 aliphatic carbocycles. The molecule has 0 saturated heterocycles. The van der Waals surface area contributed by atoms with Gasteiger partial charge in [-0.2, -0.15) is 5.10 Å². The van der Waals surface area contributed by atoms with Crippen molar-refractivity contribution >= 4 is 6.21 Å². The fraction of sp³-hybridized carbons (Fsp3) is 0.562. The molecule has 1 aromatic rings. The highest BCUT2D eigenvalue weighted by Crippen LogP contribution is 2.41. The van der Waals surface area contributed by atoms with Crippen LogP contribution in [-0.4, -0.2) is 21.1 Å². The zero-order valence-electron chi connectivity index (χ0n) is 12.9. The molecule has 0 bridgehead atoms. The Labute approximate surface area is 121 Å². The summed E-state index contributed by atoms with van der Waals surface area (Å²) in [6, 6.07) is 0. The predicted octanol–water partition coefficient (Wildman–Crippen LogP) is 3.83. The molecular weight excluding hydrogens is 248 g/mol. The summed E-state index contributed by atoms with van der Waals surface area (Å²) in [6.07, 6.45) is 8.64. The van der Waals surface area contributed by atoms with Crippen LogP contribution in [0.3, 0.4) is 0 Å². The highest BCUT2D eigenvalue weighted by molar-refractivity contribution is 5.65. The van der Waals surface area contributed by atoms with Gasteiger partial charge in [0.05, 0.1) is 0 Å². The lowest BCUT2D eigenvalue weighted by atomic mass is 9.81. The smallest absolute Gasteiger partial charge is 0.141 e. The summed E-state index contributed by atoms with van der Waals surface area (Å²) in [7, 11) is 0. The lowest BCUT2D eigenvalue weighted by Gasteiger charge is -2.24. The van der Waals surface area contributed by atoms with E-state index in [1.807, 2.05) is 6.21 Å². The molecule has 0 saturated carbocycles. The Hall–Kier alpha value is -1.71. The Morgan fingerprint density at radius 3 is 2.75 bits per heavy atom. The number of nitrogens with zero attached hydrogens (tertiary/aromatic N) is 4. The van der Waals surface area contributed by atoms with Crippen LogP contribution in [0.15, 0.2) is 41.1 Å². The molecule has 1 aliphatic rings. The van der Waals surface area contributed by atoms with Gasteiger partial charge in [0.25, 0.3) is 0 Å². The van der Waals surface area contributed by atoms with Gasteiger partial charge in [0.1, 0.15) is 12.7 Å². The second-order valence-corrected chi connectivity index (χ2v) is 6.50. The topological polar surface area (TPSA) is 43.1 Å². The first-order valence-corrected chi connectivity index (χ1v) is 7.13. The first-order valence-electron chi connectivity index (χ1n) is 7.13. The average Bonchev–Trinajstić information content (AvgIpc) is 2.98. The first kappa shape index (κ1) is 14.7. The third-order valence-electron chi connectivity index (χ3n) is 3.96. The van der Waals surface area contributed by atoms with Crippen LogP contribution in [-0.2, 0) is 0 Å². The van der Waals surface area contributed by atoms with Crippen molar-refractivity contribution in [3.05, 3.63) is 36.0 Å². The number of rotatable bonds is 5. The second-order valence-electron chi connectivity index (χ2n) is 6.50. The highest BCUT2D eigenvalue weighted by atomic mass is 15.4. The SMILES string of the molecule is C=C(C)[C@H]1CCC(C)=C1CC(C)(C)/C=N/n1cnnc1. The zero-order chi connectivity index (χ0) is 14.8. The lowest BCUT2D eigenvalue weighted by Crippen LogP contribution is -2.17. The van der Waals surface area contributed by atoms with E-state index in [4.69, 9.17) is 0 Å². The van der Waals surface area contributed by atoms with E-state index in [1.54, 1.807) is 22.9 Å². The minimum absolute atomic E-state index is 0.0128. The Balaban J connectivity index is 2.11. The molecule has 0 unspecified atom stereocenters. The Kier molecular flexibility index (Phi) is 4.21. The van der Waals surface area contributed by atoms with Gasteiger partial charge in [0, 0.05) is 17.5 Å². The van der Waals surface area contributed by atoms with Crippen molar-refractivity contribution in [2.75, 3.05) is 0 Å². The van der Waals surface area contributed by atoms with Crippen molar-refractivity contribution in [1.29, 1.82) is 0 Å². The molecule has 2 rings (SSSR count). The van der Waals surface area contributed by atoms with Gasteiger partial charge in [-0.05, 0) is 33.1 Å². The first-order chi connectivity index (χ1) is 9.39. The summed E-state index contributed by atoms with van der Waals surface area (Å²) in [5.41, 5.74) is 4.38. The normalized spacial score (nSPS) is 20.1. The maximum absolute atomic E-state index is 4.40. The number of aromatic nitrogens is 3. The molecule has 1 aromatic heterocycles. The van der Waals surface area contributed by atoms with Crippen molar-refractivity contribution in [1.82, 2.24) is 14.9 Å². The third kappa shape index (κ3) is 3.44. The molecule has 0 fully saturated rings. The van der Waals surface area contributed by atoms with Gasteiger partial charge in [-0.25, -0.2) is 4.68 Å². The quantitative estimate of drug-likeness (QED) is 0.604. The van der Waals surface area contributed by atoms with E-state index >= 15 is 0 Å². The molecule has 4 nitrogen and oxygen atoms in total.